The summed E-state index contributed by atoms with van der Waals surface area (Å²) in [7, 11) is 0. The summed E-state index contributed by atoms with van der Waals surface area (Å²) in [6.45, 7) is 2.08. The summed E-state index contributed by atoms with van der Waals surface area (Å²) in [5.41, 5.74) is 3.15. The molecule has 1 fully saturated rings. The Kier molecular flexibility index (Phi) is 4.98. The van der Waals surface area contributed by atoms with Crippen LogP contribution >= 0.6 is 11.8 Å². The number of benzene rings is 1. The van der Waals surface area contributed by atoms with Crippen LogP contribution in [0.15, 0.2) is 24.3 Å². The monoisotopic (exact) mass is 307 g/mol. The van der Waals surface area contributed by atoms with Crippen LogP contribution in [0.1, 0.15) is 23.7 Å². The second-order valence-electron chi connectivity index (χ2n) is 4.90. The van der Waals surface area contributed by atoms with E-state index in [1.165, 1.54) is 18.7 Å². The summed E-state index contributed by atoms with van der Waals surface area (Å²) >= 11 is 1.24. The number of nitrogens with one attached hydrogen (secondary N) is 1. The maximum Gasteiger partial charge on any atom is 0.265 e. The highest BCUT2D eigenvalue weighted by atomic mass is 32.2. The van der Waals surface area contributed by atoms with E-state index in [-0.39, 0.29) is 16.9 Å². The first-order valence-electron chi connectivity index (χ1n) is 6.56. The maximum absolute atomic E-state index is 12.1. The smallest absolute Gasteiger partial charge is 0.265 e. The van der Waals surface area contributed by atoms with Gasteiger partial charge in [-0.25, -0.2) is 5.84 Å². The lowest BCUT2D eigenvalue weighted by atomic mass is 10.1. The fourth-order valence-electron chi connectivity index (χ4n) is 2.28. The molecule has 1 aliphatic heterocycles. The summed E-state index contributed by atoms with van der Waals surface area (Å²) in [5, 5.41) is 0.0579. The van der Waals surface area contributed by atoms with Gasteiger partial charge in [-0.15, -0.1) is 0 Å². The second-order valence-corrected chi connectivity index (χ2v) is 6.10. The van der Waals surface area contributed by atoms with Crippen LogP contribution in [-0.4, -0.2) is 29.2 Å². The lowest BCUT2D eigenvalue weighted by Gasteiger charge is -2.17. The molecule has 0 aliphatic carbocycles. The van der Waals surface area contributed by atoms with Crippen LogP contribution in [0.25, 0.3) is 0 Å². The quantitative estimate of drug-likeness (QED) is 0.490. The number of hydrogen-bond acceptors (Lipinski definition) is 5. The normalized spacial score (nSPS) is 17.9. The van der Waals surface area contributed by atoms with Crippen molar-refractivity contribution in [3.63, 3.8) is 0 Å². The van der Waals surface area contributed by atoms with Gasteiger partial charge in [-0.2, -0.15) is 0 Å². The van der Waals surface area contributed by atoms with E-state index in [1.54, 1.807) is 29.2 Å². The standard InChI is InChI=1S/C14H17N3O3S/c1-9(18)21-8-10-5-13(19)17(7-10)12-4-2-3-11(6-12)14(20)16-15/h2-4,6,10H,5,7-8,15H2,1H3,(H,16,20). The first-order valence-corrected chi connectivity index (χ1v) is 7.54. The summed E-state index contributed by atoms with van der Waals surface area (Å²) in [6.07, 6.45) is 0.424. The van der Waals surface area contributed by atoms with Crippen LogP contribution in [0, 0.1) is 5.92 Å². The van der Waals surface area contributed by atoms with Gasteiger partial charge in [0.2, 0.25) is 5.91 Å². The lowest BCUT2D eigenvalue weighted by Crippen LogP contribution is -2.30. The Labute approximate surface area is 127 Å². The Bertz CT molecular complexity index is 576. The molecule has 1 unspecified atom stereocenters. The van der Waals surface area contributed by atoms with Gasteiger partial charge in [0.15, 0.2) is 5.12 Å². The third-order valence-corrected chi connectivity index (χ3v) is 4.32. The van der Waals surface area contributed by atoms with Gasteiger partial charge in [-0.05, 0) is 24.1 Å². The van der Waals surface area contributed by atoms with Gasteiger partial charge in [0.1, 0.15) is 0 Å². The maximum atomic E-state index is 12.1. The van der Waals surface area contributed by atoms with Crippen molar-refractivity contribution in [1.82, 2.24) is 5.43 Å². The summed E-state index contributed by atoms with van der Waals surface area (Å²) in [4.78, 5) is 36.3. The Morgan fingerprint density at radius 3 is 2.90 bits per heavy atom. The minimum atomic E-state index is -0.396. The average molecular weight is 307 g/mol. The van der Waals surface area contributed by atoms with Gasteiger partial charge < -0.3 is 4.90 Å². The summed E-state index contributed by atoms with van der Waals surface area (Å²) in [5.74, 6) is 5.51. The van der Waals surface area contributed by atoms with Crippen molar-refractivity contribution in [1.29, 1.82) is 0 Å². The van der Waals surface area contributed by atoms with Crippen LogP contribution in [0.5, 0.6) is 0 Å². The predicted octanol–water partition coefficient (Wildman–Crippen LogP) is 0.923. The van der Waals surface area contributed by atoms with Crippen LogP contribution < -0.4 is 16.2 Å². The number of carbonyl (C=O) groups excluding carboxylic acids is 3. The third-order valence-electron chi connectivity index (χ3n) is 3.28. The number of amides is 2. The average Bonchev–Trinajstić information content (AvgIpc) is 2.85. The molecular weight excluding hydrogens is 290 g/mol. The van der Waals surface area contributed by atoms with Crippen LogP contribution in [-0.2, 0) is 9.59 Å². The van der Waals surface area contributed by atoms with Crippen molar-refractivity contribution < 1.29 is 14.4 Å². The number of thioether (sulfide) groups is 1. The molecule has 21 heavy (non-hydrogen) atoms. The largest absolute Gasteiger partial charge is 0.312 e. The number of carbonyl (C=O) groups is 3. The minimum absolute atomic E-state index is 0.00876. The zero-order valence-electron chi connectivity index (χ0n) is 11.7. The Hall–Kier alpha value is -1.86. The minimum Gasteiger partial charge on any atom is -0.312 e. The number of hydrazine groups is 1. The summed E-state index contributed by atoms with van der Waals surface area (Å²) in [6, 6.07) is 6.77. The molecule has 6 nitrogen and oxygen atoms in total. The number of nitrogens with zero attached hydrogens (tertiary/aromatic N) is 1. The molecule has 112 valence electrons. The molecular formula is C14H17N3O3S. The lowest BCUT2D eigenvalue weighted by molar-refractivity contribution is -0.117. The van der Waals surface area contributed by atoms with E-state index < -0.39 is 5.91 Å². The number of anilines is 1. The van der Waals surface area contributed by atoms with Crippen LogP contribution in [0.3, 0.4) is 0 Å². The topological polar surface area (TPSA) is 92.5 Å². The van der Waals surface area contributed by atoms with Crippen molar-refractivity contribution in [2.45, 2.75) is 13.3 Å². The molecule has 0 bridgehead atoms. The second kappa shape index (κ2) is 6.73. The first kappa shape index (κ1) is 15.5. The SMILES string of the molecule is CC(=O)SCC1CC(=O)N(c2cccc(C(=O)NN)c2)C1. The van der Waals surface area contributed by atoms with E-state index in [2.05, 4.69) is 5.43 Å². The molecule has 1 heterocycles. The number of nitrogen functional groups attached to an aromatic ring is 1. The molecule has 2 rings (SSSR count). The molecule has 1 aromatic carbocycles. The van der Waals surface area contributed by atoms with E-state index in [0.717, 1.165) is 0 Å². The van der Waals surface area contributed by atoms with Gasteiger partial charge in [0, 0.05) is 36.9 Å². The van der Waals surface area contributed by atoms with E-state index in [0.29, 0.717) is 30.0 Å². The van der Waals surface area contributed by atoms with E-state index in [1.807, 2.05) is 0 Å². The molecule has 1 saturated heterocycles. The highest BCUT2D eigenvalue weighted by molar-refractivity contribution is 8.13. The van der Waals surface area contributed by atoms with Crippen molar-refractivity contribution in [2.24, 2.45) is 11.8 Å². The first-order chi connectivity index (χ1) is 10.0. The van der Waals surface area contributed by atoms with E-state index >= 15 is 0 Å². The molecule has 0 spiro atoms. The zero-order valence-corrected chi connectivity index (χ0v) is 12.5. The van der Waals surface area contributed by atoms with E-state index in [4.69, 9.17) is 5.84 Å². The third kappa shape index (κ3) is 3.83. The molecule has 0 aromatic heterocycles. The molecule has 2 amide bonds. The van der Waals surface area contributed by atoms with Crippen molar-refractivity contribution in [3.05, 3.63) is 29.8 Å². The Morgan fingerprint density at radius 2 is 2.24 bits per heavy atom. The van der Waals surface area contributed by atoms with Gasteiger partial charge in [0.05, 0.1) is 0 Å². The van der Waals surface area contributed by atoms with Gasteiger partial charge in [-0.3, -0.25) is 19.8 Å². The molecule has 1 aromatic rings. The number of rotatable bonds is 4. The Morgan fingerprint density at radius 1 is 1.48 bits per heavy atom. The zero-order chi connectivity index (χ0) is 15.4. The van der Waals surface area contributed by atoms with E-state index in [9.17, 15) is 14.4 Å². The van der Waals surface area contributed by atoms with Crippen LogP contribution in [0.2, 0.25) is 0 Å². The van der Waals surface area contributed by atoms with Crippen LogP contribution in [0.4, 0.5) is 5.69 Å². The van der Waals surface area contributed by atoms with Crippen molar-refractivity contribution in [2.75, 3.05) is 17.2 Å². The predicted molar refractivity (Wildman–Crippen MR) is 81.7 cm³/mol. The number of nitrogens with two attached hydrogens (primary N) is 1. The fourth-order valence-corrected chi connectivity index (χ4v) is 2.97. The molecule has 0 saturated carbocycles. The molecule has 1 aliphatic rings. The molecule has 0 radical (unpaired) electrons. The van der Waals surface area contributed by atoms with Gasteiger partial charge >= 0.3 is 0 Å². The number of hydrogen-bond donors (Lipinski definition) is 2. The van der Waals surface area contributed by atoms with Crippen molar-refractivity contribution in [3.8, 4) is 0 Å². The Balaban J connectivity index is 2.10. The fraction of sp³-hybridized carbons (Fsp3) is 0.357. The van der Waals surface area contributed by atoms with Gasteiger partial charge in [-0.1, -0.05) is 17.8 Å². The molecule has 7 heteroatoms. The summed E-state index contributed by atoms with van der Waals surface area (Å²) < 4.78 is 0. The molecule has 1 atom stereocenters. The molecule has 3 N–H and O–H groups in total. The highest BCUT2D eigenvalue weighted by Gasteiger charge is 2.31. The van der Waals surface area contributed by atoms with Gasteiger partial charge in [0.25, 0.3) is 5.91 Å². The van der Waals surface area contributed by atoms with Crippen molar-refractivity contribution >= 4 is 34.4 Å². The highest BCUT2D eigenvalue weighted by Crippen LogP contribution is 2.27.